The monoisotopic (exact) mass is 317 g/mol. The summed E-state index contributed by atoms with van der Waals surface area (Å²) in [6.07, 6.45) is 2.93. The minimum atomic E-state index is 0.902. The van der Waals surface area contributed by atoms with E-state index in [4.69, 9.17) is 0 Å². The maximum atomic E-state index is 3.68. The lowest BCUT2D eigenvalue weighted by Crippen LogP contribution is -2.13. The lowest BCUT2D eigenvalue weighted by molar-refractivity contribution is 0.695. The van der Waals surface area contributed by atoms with E-state index >= 15 is 0 Å². The quantitative estimate of drug-likeness (QED) is 0.642. The van der Waals surface area contributed by atoms with Crippen LogP contribution in [-0.4, -0.2) is 6.54 Å². The fourth-order valence-corrected chi connectivity index (χ4v) is 1.76. The minimum Gasteiger partial charge on any atom is -0.312 e. The van der Waals surface area contributed by atoms with E-state index in [9.17, 15) is 0 Å². The molecule has 14 heavy (non-hydrogen) atoms. The van der Waals surface area contributed by atoms with Gasteiger partial charge in [-0.15, -0.1) is 6.58 Å². The topological polar surface area (TPSA) is 12.0 Å². The molecule has 1 rings (SSSR count). The third-order valence-electron chi connectivity index (χ3n) is 1.84. The minimum absolute atomic E-state index is 0.902. The highest BCUT2D eigenvalue weighted by molar-refractivity contribution is 9.13. The Hall–Kier alpha value is -0.120. The Morgan fingerprint density at radius 2 is 2.07 bits per heavy atom. The number of nitrogens with one attached hydrogen (secondary N) is 1. The van der Waals surface area contributed by atoms with Crippen LogP contribution in [0.2, 0.25) is 0 Å². The van der Waals surface area contributed by atoms with Gasteiger partial charge >= 0.3 is 0 Å². The molecule has 76 valence electrons. The van der Waals surface area contributed by atoms with Crippen molar-refractivity contribution in [3.63, 3.8) is 0 Å². The molecule has 0 aliphatic heterocycles. The van der Waals surface area contributed by atoms with Gasteiger partial charge in [0, 0.05) is 15.5 Å². The predicted octanol–water partition coefficient (Wildman–Crippen LogP) is 3.88. The van der Waals surface area contributed by atoms with Gasteiger partial charge < -0.3 is 5.32 Å². The zero-order valence-corrected chi connectivity index (χ0v) is 11.1. The SMILES string of the molecule is C=CCCNCc1ccc(Br)c(Br)c1. The molecule has 0 aromatic heterocycles. The Bertz CT molecular complexity index is 310. The van der Waals surface area contributed by atoms with Gasteiger partial charge in [0.15, 0.2) is 0 Å². The molecule has 1 aromatic rings. The van der Waals surface area contributed by atoms with Crippen LogP contribution in [0.1, 0.15) is 12.0 Å². The Kier molecular flexibility index (Phi) is 5.45. The largest absolute Gasteiger partial charge is 0.312 e. The third-order valence-corrected chi connectivity index (χ3v) is 3.72. The summed E-state index contributed by atoms with van der Waals surface area (Å²) in [5.74, 6) is 0. The molecule has 0 spiro atoms. The van der Waals surface area contributed by atoms with Gasteiger partial charge in [-0.05, 0) is 62.5 Å². The normalized spacial score (nSPS) is 10.1. The molecule has 0 fully saturated rings. The third kappa shape index (κ3) is 3.95. The first kappa shape index (κ1) is 12.0. The highest BCUT2D eigenvalue weighted by Gasteiger charge is 1.97. The van der Waals surface area contributed by atoms with Crippen molar-refractivity contribution in [2.75, 3.05) is 6.54 Å². The first-order chi connectivity index (χ1) is 6.74. The standard InChI is InChI=1S/C11H13Br2N/c1-2-3-6-14-8-9-4-5-10(12)11(13)7-9/h2,4-5,7,14H,1,3,6,8H2. The van der Waals surface area contributed by atoms with Gasteiger partial charge in [-0.3, -0.25) is 0 Å². The molecule has 0 saturated heterocycles. The molecule has 1 aromatic carbocycles. The Morgan fingerprint density at radius 3 is 2.71 bits per heavy atom. The molecule has 0 atom stereocenters. The van der Waals surface area contributed by atoms with Gasteiger partial charge in [0.2, 0.25) is 0 Å². The fraction of sp³-hybridized carbons (Fsp3) is 0.273. The van der Waals surface area contributed by atoms with Crippen molar-refractivity contribution in [2.45, 2.75) is 13.0 Å². The molecule has 3 heteroatoms. The summed E-state index contributed by atoms with van der Waals surface area (Å²) in [5.41, 5.74) is 1.28. The molecule has 0 unspecified atom stereocenters. The highest BCUT2D eigenvalue weighted by Crippen LogP contribution is 2.23. The van der Waals surface area contributed by atoms with Crippen molar-refractivity contribution in [1.29, 1.82) is 0 Å². The van der Waals surface area contributed by atoms with Gasteiger partial charge in [-0.25, -0.2) is 0 Å². The van der Waals surface area contributed by atoms with Gasteiger partial charge in [-0.2, -0.15) is 0 Å². The zero-order valence-electron chi connectivity index (χ0n) is 7.89. The van der Waals surface area contributed by atoms with E-state index in [1.165, 1.54) is 5.56 Å². The summed E-state index contributed by atoms with van der Waals surface area (Å²) in [4.78, 5) is 0. The van der Waals surface area contributed by atoms with Gasteiger partial charge in [-0.1, -0.05) is 12.1 Å². The molecule has 0 heterocycles. The van der Waals surface area contributed by atoms with Gasteiger partial charge in [0.05, 0.1) is 0 Å². The van der Waals surface area contributed by atoms with Crippen molar-refractivity contribution < 1.29 is 0 Å². The van der Waals surface area contributed by atoms with E-state index in [1.807, 2.05) is 6.08 Å². The molecular weight excluding hydrogens is 306 g/mol. The van der Waals surface area contributed by atoms with Crippen LogP contribution < -0.4 is 5.32 Å². The molecule has 0 radical (unpaired) electrons. The zero-order chi connectivity index (χ0) is 10.4. The highest BCUT2D eigenvalue weighted by atomic mass is 79.9. The molecule has 0 bridgehead atoms. The van der Waals surface area contributed by atoms with Gasteiger partial charge in [0.1, 0.15) is 0 Å². The summed E-state index contributed by atoms with van der Waals surface area (Å²) in [6, 6.07) is 6.27. The second kappa shape index (κ2) is 6.38. The van der Waals surface area contributed by atoms with Crippen LogP contribution in [0.5, 0.6) is 0 Å². The van der Waals surface area contributed by atoms with Crippen LogP contribution >= 0.6 is 31.9 Å². The molecule has 1 N–H and O–H groups in total. The first-order valence-corrected chi connectivity index (χ1v) is 6.08. The summed E-state index contributed by atoms with van der Waals surface area (Å²) < 4.78 is 2.19. The Labute approximate surface area is 102 Å². The average molecular weight is 319 g/mol. The Balaban J connectivity index is 2.43. The van der Waals surface area contributed by atoms with Crippen LogP contribution in [-0.2, 0) is 6.54 Å². The summed E-state index contributed by atoms with van der Waals surface area (Å²) >= 11 is 6.92. The molecule has 0 aliphatic rings. The van der Waals surface area contributed by atoms with Crippen molar-refractivity contribution in [3.8, 4) is 0 Å². The molecular formula is C11H13Br2N. The number of rotatable bonds is 5. The van der Waals surface area contributed by atoms with Crippen molar-refractivity contribution >= 4 is 31.9 Å². The second-order valence-corrected chi connectivity index (χ2v) is 4.71. The number of hydrogen-bond acceptors (Lipinski definition) is 1. The average Bonchev–Trinajstić information content (AvgIpc) is 2.18. The molecule has 0 aliphatic carbocycles. The maximum Gasteiger partial charge on any atom is 0.0320 e. The summed E-state index contributed by atoms with van der Waals surface area (Å²) in [6.45, 7) is 5.56. The van der Waals surface area contributed by atoms with E-state index in [2.05, 4.69) is 62.0 Å². The van der Waals surface area contributed by atoms with Crippen molar-refractivity contribution in [1.82, 2.24) is 5.32 Å². The van der Waals surface area contributed by atoms with Crippen molar-refractivity contribution in [3.05, 3.63) is 45.4 Å². The first-order valence-electron chi connectivity index (χ1n) is 4.49. The fourth-order valence-electron chi connectivity index (χ4n) is 1.09. The van der Waals surface area contributed by atoms with Crippen LogP contribution in [0.3, 0.4) is 0 Å². The van der Waals surface area contributed by atoms with E-state index < -0.39 is 0 Å². The summed E-state index contributed by atoms with van der Waals surface area (Å²) in [5, 5.41) is 3.34. The lowest BCUT2D eigenvalue weighted by Gasteiger charge is -2.04. The molecule has 0 saturated carbocycles. The Morgan fingerprint density at radius 1 is 1.29 bits per heavy atom. The maximum absolute atomic E-state index is 3.68. The van der Waals surface area contributed by atoms with Gasteiger partial charge in [0.25, 0.3) is 0 Å². The van der Waals surface area contributed by atoms with E-state index in [0.29, 0.717) is 0 Å². The van der Waals surface area contributed by atoms with E-state index in [-0.39, 0.29) is 0 Å². The number of benzene rings is 1. The number of hydrogen-bond donors (Lipinski definition) is 1. The smallest absolute Gasteiger partial charge is 0.0320 e. The van der Waals surface area contributed by atoms with E-state index in [0.717, 1.165) is 28.5 Å². The van der Waals surface area contributed by atoms with Crippen LogP contribution in [0, 0.1) is 0 Å². The second-order valence-electron chi connectivity index (χ2n) is 3.00. The van der Waals surface area contributed by atoms with Crippen LogP contribution in [0.15, 0.2) is 39.8 Å². The van der Waals surface area contributed by atoms with E-state index in [1.54, 1.807) is 0 Å². The predicted molar refractivity (Wildman–Crippen MR) is 68.4 cm³/mol. The molecule has 0 amide bonds. The van der Waals surface area contributed by atoms with Crippen LogP contribution in [0.4, 0.5) is 0 Å². The van der Waals surface area contributed by atoms with Crippen molar-refractivity contribution in [2.24, 2.45) is 0 Å². The van der Waals surface area contributed by atoms with Crippen LogP contribution in [0.25, 0.3) is 0 Å². The number of halogens is 2. The summed E-state index contributed by atoms with van der Waals surface area (Å²) in [7, 11) is 0. The lowest BCUT2D eigenvalue weighted by atomic mass is 10.2. The molecule has 1 nitrogen and oxygen atoms in total.